The van der Waals surface area contributed by atoms with E-state index in [4.69, 9.17) is 0 Å². The second-order valence-corrected chi connectivity index (χ2v) is 5.55. The van der Waals surface area contributed by atoms with E-state index >= 15 is 0 Å². The number of rotatable bonds is 4. The molecule has 0 aromatic heterocycles. The third-order valence-corrected chi connectivity index (χ3v) is 3.95. The molecule has 0 saturated carbocycles. The molecule has 1 aliphatic heterocycles. The Morgan fingerprint density at radius 1 is 1.48 bits per heavy atom. The van der Waals surface area contributed by atoms with Crippen molar-refractivity contribution in [3.8, 4) is 0 Å². The summed E-state index contributed by atoms with van der Waals surface area (Å²) in [6.45, 7) is 5.50. The molecular formula is C14H20N4O3. The molecule has 21 heavy (non-hydrogen) atoms. The van der Waals surface area contributed by atoms with Crippen molar-refractivity contribution >= 4 is 17.3 Å². The number of nitrogens with zero attached hydrogens (tertiary/aromatic N) is 2. The number of anilines is 1. The summed E-state index contributed by atoms with van der Waals surface area (Å²) in [7, 11) is 1.67. The normalized spacial score (nSPS) is 18.1. The molecule has 1 amide bonds. The summed E-state index contributed by atoms with van der Waals surface area (Å²) in [6.07, 6.45) is 0. The summed E-state index contributed by atoms with van der Waals surface area (Å²) >= 11 is 0. The van der Waals surface area contributed by atoms with Gasteiger partial charge in [-0.2, -0.15) is 0 Å². The first kappa shape index (κ1) is 15.2. The van der Waals surface area contributed by atoms with Crippen molar-refractivity contribution in [3.05, 3.63) is 33.9 Å². The quantitative estimate of drug-likeness (QED) is 0.646. The standard InChI is InChI=1S/C14H20N4O3/c1-14(2)13(19)16-7-8-17(14)9-10-5-4-6-11(18(20)21)12(10)15-3/h4-6,15H,7-9H2,1-3H3,(H,16,19). The van der Waals surface area contributed by atoms with Gasteiger partial charge in [-0.3, -0.25) is 19.8 Å². The Kier molecular flexibility index (Phi) is 4.13. The molecule has 7 heteroatoms. The lowest BCUT2D eigenvalue weighted by Crippen LogP contribution is -2.61. The van der Waals surface area contributed by atoms with Crippen LogP contribution in [-0.4, -0.2) is 41.4 Å². The molecule has 0 bridgehead atoms. The molecule has 7 nitrogen and oxygen atoms in total. The number of carbonyl (C=O) groups excluding carboxylic acids is 1. The Bertz CT molecular complexity index is 571. The number of amides is 1. The van der Waals surface area contributed by atoms with Gasteiger partial charge in [-0.05, 0) is 19.4 Å². The Morgan fingerprint density at radius 3 is 2.81 bits per heavy atom. The van der Waals surface area contributed by atoms with Crippen LogP contribution < -0.4 is 10.6 Å². The van der Waals surface area contributed by atoms with Gasteiger partial charge in [0.1, 0.15) is 5.69 Å². The fourth-order valence-electron chi connectivity index (χ4n) is 2.59. The third-order valence-electron chi connectivity index (χ3n) is 3.95. The molecule has 1 aliphatic rings. The zero-order chi connectivity index (χ0) is 15.6. The lowest BCUT2D eigenvalue weighted by molar-refractivity contribution is -0.384. The minimum Gasteiger partial charge on any atom is -0.382 e. The van der Waals surface area contributed by atoms with Crippen molar-refractivity contribution < 1.29 is 9.72 Å². The van der Waals surface area contributed by atoms with Gasteiger partial charge in [-0.15, -0.1) is 0 Å². The molecule has 114 valence electrons. The SMILES string of the molecule is CNc1c(CN2CCNC(=O)C2(C)C)cccc1[N+](=O)[O-]. The molecule has 1 fully saturated rings. The first-order valence-corrected chi connectivity index (χ1v) is 6.85. The lowest BCUT2D eigenvalue weighted by atomic mass is 9.97. The molecule has 0 radical (unpaired) electrons. The van der Waals surface area contributed by atoms with Crippen LogP contribution in [0, 0.1) is 10.1 Å². The van der Waals surface area contributed by atoms with Crippen molar-refractivity contribution in [2.75, 3.05) is 25.5 Å². The van der Waals surface area contributed by atoms with Crippen LogP contribution in [0.4, 0.5) is 11.4 Å². The fourth-order valence-corrected chi connectivity index (χ4v) is 2.59. The van der Waals surface area contributed by atoms with Crippen molar-refractivity contribution in [1.29, 1.82) is 0 Å². The maximum atomic E-state index is 12.0. The van der Waals surface area contributed by atoms with E-state index in [2.05, 4.69) is 10.6 Å². The van der Waals surface area contributed by atoms with Crippen LogP contribution in [0.5, 0.6) is 0 Å². The molecule has 2 N–H and O–H groups in total. The van der Waals surface area contributed by atoms with Crippen molar-refractivity contribution in [2.45, 2.75) is 25.9 Å². The van der Waals surface area contributed by atoms with Crippen molar-refractivity contribution in [3.63, 3.8) is 0 Å². The number of nitrogens with one attached hydrogen (secondary N) is 2. The molecule has 2 rings (SSSR count). The molecule has 0 spiro atoms. The van der Waals surface area contributed by atoms with Gasteiger partial charge in [0.25, 0.3) is 5.69 Å². The summed E-state index contributed by atoms with van der Waals surface area (Å²) in [5, 5.41) is 16.8. The fraction of sp³-hybridized carbons (Fsp3) is 0.500. The molecule has 1 saturated heterocycles. The molecular weight excluding hydrogens is 272 g/mol. The minimum absolute atomic E-state index is 0.0230. The molecule has 0 atom stereocenters. The number of hydrogen-bond acceptors (Lipinski definition) is 5. The van der Waals surface area contributed by atoms with Crippen LogP contribution in [0.15, 0.2) is 18.2 Å². The van der Waals surface area contributed by atoms with E-state index in [1.165, 1.54) is 6.07 Å². The van der Waals surface area contributed by atoms with E-state index in [9.17, 15) is 14.9 Å². The summed E-state index contributed by atoms with van der Waals surface area (Å²) in [6, 6.07) is 5.00. The highest BCUT2D eigenvalue weighted by Gasteiger charge is 2.37. The molecule has 0 aliphatic carbocycles. The van der Waals surface area contributed by atoms with Gasteiger partial charge in [-0.25, -0.2) is 0 Å². The largest absolute Gasteiger partial charge is 0.382 e. The summed E-state index contributed by atoms with van der Waals surface area (Å²) < 4.78 is 0. The molecule has 1 aromatic rings. The van der Waals surface area contributed by atoms with Gasteiger partial charge < -0.3 is 10.6 Å². The van der Waals surface area contributed by atoms with E-state index in [1.54, 1.807) is 13.1 Å². The number of nitro groups is 1. The zero-order valence-electron chi connectivity index (χ0n) is 12.5. The topological polar surface area (TPSA) is 87.5 Å². The monoisotopic (exact) mass is 292 g/mol. The van der Waals surface area contributed by atoms with Crippen LogP contribution >= 0.6 is 0 Å². The maximum absolute atomic E-state index is 12.0. The van der Waals surface area contributed by atoms with E-state index < -0.39 is 10.5 Å². The third kappa shape index (κ3) is 2.82. The van der Waals surface area contributed by atoms with Gasteiger partial charge >= 0.3 is 0 Å². The second kappa shape index (κ2) is 5.69. The Balaban J connectivity index is 2.33. The van der Waals surface area contributed by atoms with Crippen LogP contribution in [0.2, 0.25) is 0 Å². The minimum atomic E-state index is -0.631. The number of benzene rings is 1. The number of para-hydroxylation sites is 1. The Morgan fingerprint density at radius 2 is 2.19 bits per heavy atom. The van der Waals surface area contributed by atoms with Crippen LogP contribution in [-0.2, 0) is 11.3 Å². The maximum Gasteiger partial charge on any atom is 0.292 e. The number of piperazine rings is 1. The van der Waals surface area contributed by atoms with Crippen molar-refractivity contribution in [2.24, 2.45) is 0 Å². The lowest BCUT2D eigenvalue weighted by Gasteiger charge is -2.41. The number of carbonyl (C=O) groups is 1. The van der Waals surface area contributed by atoms with Gasteiger partial charge in [0.15, 0.2) is 0 Å². The first-order chi connectivity index (χ1) is 9.87. The van der Waals surface area contributed by atoms with Crippen LogP contribution in [0.25, 0.3) is 0 Å². The second-order valence-electron chi connectivity index (χ2n) is 5.55. The van der Waals surface area contributed by atoms with Gasteiger partial charge in [0, 0.05) is 32.7 Å². The van der Waals surface area contributed by atoms with Crippen molar-refractivity contribution in [1.82, 2.24) is 10.2 Å². The van der Waals surface area contributed by atoms with Gasteiger partial charge in [0.2, 0.25) is 5.91 Å². The van der Waals surface area contributed by atoms with Gasteiger partial charge in [-0.1, -0.05) is 12.1 Å². The Labute approximate surface area is 123 Å². The Hall–Kier alpha value is -2.15. The molecule has 1 heterocycles. The highest BCUT2D eigenvalue weighted by molar-refractivity contribution is 5.86. The number of nitro benzene ring substituents is 1. The van der Waals surface area contributed by atoms with Crippen LogP contribution in [0.1, 0.15) is 19.4 Å². The number of hydrogen-bond donors (Lipinski definition) is 2. The summed E-state index contributed by atoms with van der Waals surface area (Å²) in [4.78, 5) is 24.7. The predicted octanol–water partition coefficient (Wildman–Crippen LogP) is 1.35. The van der Waals surface area contributed by atoms with Gasteiger partial charge in [0.05, 0.1) is 10.5 Å². The van der Waals surface area contributed by atoms with E-state index in [0.29, 0.717) is 25.3 Å². The van der Waals surface area contributed by atoms with E-state index in [0.717, 1.165) is 5.56 Å². The smallest absolute Gasteiger partial charge is 0.292 e. The first-order valence-electron chi connectivity index (χ1n) is 6.85. The molecule has 1 aromatic carbocycles. The highest BCUT2D eigenvalue weighted by Crippen LogP contribution is 2.30. The average Bonchev–Trinajstić information content (AvgIpc) is 2.44. The molecule has 0 unspecified atom stereocenters. The van der Waals surface area contributed by atoms with E-state index in [-0.39, 0.29) is 11.6 Å². The zero-order valence-corrected chi connectivity index (χ0v) is 12.5. The average molecular weight is 292 g/mol. The highest BCUT2D eigenvalue weighted by atomic mass is 16.6. The summed E-state index contributed by atoms with van der Waals surface area (Å²) in [5.74, 6) is -0.0230. The predicted molar refractivity (Wildman–Crippen MR) is 80.1 cm³/mol. The van der Waals surface area contributed by atoms with E-state index in [1.807, 2.05) is 24.8 Å². The summed E-state index contributed by atoms with van der Waals surface area (Å²) in [5.41, 5.74) is 0.737. The van der Waals surface area contributed by atoms with Crippen LogP contribution in [0.3, 0.4) is 0 Å².